The molecule has 2 aliphatic rings. The molecule has 0 radical (unpaired) electrons. The first-order valence-corrected chi connectivity index (χ1v) is 10.1. The summed E-state index contributed by atoms with van der Waals surface area (Å²) in [6, 6.07) is 9.34. The summed E-state index contributed by atoms with van der Waals surface area (Å²) >= 11 is 0. The van der Waals surface area contributed by atoms with E-state index < -0.39 is 11.8 Å². The topological polar surface area (TPSA) is 49.8 Å². The Balaban J connectivity index is 1.50. The van der Waals surface area contributed by atoms with Crippen LogP contribution in [0.2, 0.25) is 0 Å². The van der Waals surface area contributed by atoms with Gasteiger partial charge >= 0.3 is 5.97 Å². The van der Waals surface area contributed by atoms with Crippen LogP contribution in [-0.4, -0.2) is 35.2 Å². The first kappa shape index (κ1) is 19.8. The number of rotatable bonds is 6. The van der Waals surface area contributed by atoms with E-state index in [0.29, 0.717) is 12.3 Å². The van der Waals surface area contributed by atoms with Crippen molar-refractivity contribution in [1.82, 2.24) is 4.90 Å². The number of nitrogens with zero attached hydrogens (tertiary/aromatic N) is 1. The maximum absolute atomic E-state index is 14.3. The highest BCUT2D eigenvalue weighted by Crippen LogP contribution is 2.45. The fourth-order valence-corrected chi connectivity index (χ4v) is 4.10. The van der Waals surface area contributed by atoms with Gasteiger partial charge in [-0.3, -0.25) is 4.90 Å². The first-order valence-electron chi connectivity index (χ1n) is 10.1. The Bertz CT molecular complexity index is 896. The molecule has 154 valence electrons. The van der Waals surface area contributed by atoms with Crippen LogP contribution in [-0.2, 0) is 0 Å². The average molecular weight is 401 g/mol. The van der Waals surface area contributed by atoms with Gasteiger partial charge in [-0.25, -0.2) is 13.6 Å². The third-order valence-electron chi connectivity index (χ3n) is 5.95. The maximum atomic E-state index is 14.3. The van der Waals surface area contributed by atoms with Crippen LogP contribution >= 0.6 is 0 Å². The number of benzene rings is 2. The lowest BCUT2D eigenvalue weighted by Gasteiger charge is -2.37. The van der Waals surface area contributed by atoms with Crippen molar-refractivity contribution in [3.8, 4) is 5.75 Å². The van der Waals surface area contributed by atoms with Gasteiger partial charge in [-0.15, -0.1) is 0 Å². The summed E-state index contributed by atoms with van der Waals surface area (Å²) in [5.41, 5.74) is 1.55. The van der Waals surface area contributed by atoms with Crippen molar-refractivity contribution >= 4 is 5.97 Å². The number of likely N-dealkylation sites (tertiary alicyclic amines) is 1. The van der Waals surface area contributed by atoms with Crippen LogP contribution in [0, 0.1) is 11.6 Å². The van der Waals surface area contributed by atoms with Gasteiger partial charge in [0.1, 0.15) is 23.5 Å². The van der Waals surface area contributed by atoms with Crippen molar-refractivity contribution in [2.24, 2.45) is 0 Å². The third kappa shape index (κ3) is 4.42. The summed E-state index contributed by atoms with van der Waals surface area (Å²) in [6.45, 7) is 3.69. The predicted octanol–water partition coefficient (Wildman–Crippen LogP) is 5.14. The van der Waals surface area contributed by atoms with Gasteiger partial charge in [0.05, 0.1) is 5.56 Å². The molecule has 1 N–H and O–H groups in total. The number of hydrogen-bond acceptors (Lipinski definition) is 3. The summed E-state index contributed by atoms with van der Waals surface area (Å²) in [7, 11) is 0. The zero-order valence-electron chi connectivity index (χ0n) is 16.4. The van der Waals surface area contributed by atoms with Crippen molar-refractivity contribution < 1.29 is 23.4 Å². The third-order valence-corrected chi connectivity index (χ3v) is 5.95. The molecule has 2 aromatic carbocycles. The molecule has 4 rings (SSSR count). The molecule has 29 heavy (non-hydrogen) atoms. The molecule has 6 heteroatoms. The maximum Gasteiger partial charge on any atom is 0.338 e. The normalized spacial score (nSPS) is 21.0. The van der Waals surface area contributed by atoms with E-state index in [-0.39, 0.29) is 29.4 Å². The minimum atomic E-state index is -1.26. The highest BCUT2D eigenvalue weighted by Gasteiger charge is 2.32. The molecule has 1 unspecified atom stereocenters. The summed E-state index contributed by atoms with van der Waals surface area (Å²) in [4.78, 5) is 13.6. The number of aromatic carboxylic acids is 1. The number of carboxylic acids is 1. The van der Waals surface area contributed by atoms with Crippen molar-refractivity contribution in [2.45, 2.75) is 50.7 Å². The van der Waals surface area contributed by atoms with Crippen LogP contribution < -0.4 is 4.74 Å². The SMILES string of the molecule is C[C@H](c1ccc(F)cc1)N1CCCC(Oc2cc(F)c(C(=O)O)cc2C2CC2)C1. The average Bonchev–Trinajstić information content (AvgIpc) is 3.53. The summed E-state index contributed by atoms with van der Waals surface area (Å²) in [5.74, 6) is -1.55. The van der Waals surface area contributed by atoms with Gasteiger partial charge in [-0.05, 0) is 74.4 Å². The van der Waals surface area contributed by atoms with Gasteiger partial charge in [0.15, 0.2) is 0 Å². The molecular weight excluding hydrogens is 376 g/mol. The number of hydrogen-bond donors (Lipinski definition) is 1. The minimum absolute atomic E-state index is 0.0979. The highest BCUT2D eigenvalue weighted by atomic mass is 19.1. The number of ether oxygens (including phenoxy) is 1. The Hall–Kier alpha value is -2.47. The Labute approximate surface area is 169 Å². The van der Waals surface area contributed by atoms with Gasteiger partial charge in [-0.1, -0.05) is 12.1 Å². The Morgan fingerprint density at radius 2 is 1.90 bits per heavy atom. The van der Waals surface area contributed by atoms with Gasteiger partial charge in [0.25, 0.3) is 0 Å². The molecule has 1 heterocycles. The van der Waals surface area contributed by atoms with E-state index >= 15 is 0 Å². The van der Waals surface area contributed by atoms with E-state index in [2.05, 4.69) is 11.8 Å². The van der Waals surface area contributed by atoms with Crippen molar-refractivity contribution in [1.29, 1.82) is 0 Å². The van der Waals surface area contributed by atoms with Crippen LogP contribution in [0.1, 0.15) is 66.1 Å². The minimum Gasteiger partial charge on any atom is -0.489 e. The number of carbonyl (C=O) groups is 1. The van der Waals surface area contributed by atoms with Crippen LogP contribution in [0.4, 0.5) is 8.78 Å². The first-order chi connectivity index (χ1) is 13.9. The molecule has 0 bridgehead atoms. The van der Waals surface area contributed by atoms with E-state index in [4.69, 9.17) is 4.74 Å². The van der Waals surface area contributed by atoms with Crippen LogP contribution in [0.3, 0.4) is 0 Å². The fourth-order valence-electron chi connectivity index (χ4n) is 4.10. The van der Waals surface area contributed by atoms with Crippen molar-refractivity contribution in [3.63, 3.8) is 0 Å². The zero-order chi connectivity index (χ0) is 20.5. The fraction of sp³-hybridized carbons (Fsp3) is 0.435. The van der Waals surface area contributed by atoms with Crippen LogP contribution in [0.25, 0.3) is 0 Å². The van der Waals surface area contributed by atoms with Crippen molar-refractivity contribution in [3.05, 3.63) is 64.7 Å². The smallest absolute Gasteiger partial charge is 0.338 e. The Kier molecular flexibility index (Phi) is 5.54. The van der Waals surface area contributed by atoms with Gasteiger partial charge in [0, 0.05) is 18.7 Å². The summed E-state index contributed by atoms with van der Waals surface area (Å²) in [6.07, 6.45) is 3.65. The molecular formula is C23H25F2NO3. The van der Waals surface area contributed by atoms with E-state index in [9.17, 15) is 18.7 Å². The quantitative estimate of drug-likeness (QED) is 0.728. The predicted molar refractivity (Wildman–Crippen MR) is 105 cm³/mol. The lowest BCUT2D eigenvalue weighted by atomic mass is 10.0. The van der Waals surface area contributed by atoms with E-state index in [1.54, 1.807) is 12.1 Å². The Morgan fingerprint density at radius 1 is 1.17 bits per heavy atom. The number of piperidine rings is 1. The second-order valence-electron chi connectivity index (χ2n) is 8.05. The largest absolute Gasteiger partial charge is 0.489 e. The zero-order valence-corrected chi connectivity index (χ0v) is 16.4. The number of carboxylic acid groups (broad SMARTS) is 1. The Morgan fingerprint density at radius 3 is 2.55 bits per heavy atom. The highest BCUT2D eigenvalue weighted by molar-refractivity contribution is 5.88. The molecule has 2 fully saturated rings. The molecule has 0 amide bonds. The lowest BCUT2D eigenvalue weighted by molar-refractivity contribution is 0.0647. The summed E-state index contributed by atoms with van der Waals surface area (Å²) < 4.78 is 33.7. The van der Waals surface area contributed by atoms with Gasteiger partial charge < -0.3 is 9.84 Å². The van der Waals surface area contributed by atoms with Gasteiger partial charge in [-0.2, -0.15) is 0 Å². The number of halogens is 2. The molecule has 4 nitrogen and oxygen atoms in total. The van der Waals surface area contributed by atoms with Crippen LogP contribution in [0.15, 0.2) is 36.4 Å². The van der Waals surface area contributed by atoms with E-state index in [1.165, 1.54) is 24.3 Å². The monoisotopic (exact) mass is 401 g/mol. The van der Waals surface area contributed by atoms with E-state index in [0.717, 1.165) is 43.4 Å². The van der Waals surface area contributed by atoms with Crippen molar-refractivity contribution in [2.75, 3.05) is 13.1 Å². The molecule has 0 spiro atoms. The van der Waals surface area contributed by atoms with Gasteiger partial charge in [0.2, 0.25) is 0 Å². The second-order valence-corrected chi connectivity index (χ2v) is 8.05. The molecule has 1 aliphatic carbocycles. The lowest BCUT2D eigenvalue weighted by Crippen LogP contribution is -2.42. The molecule has 1 saturated carbocycles. The molecule has 1 saturated heterocycles. The molecule has 0 aromatic heterocycles. The summed E-state index contributed by atoms with van der Waals surface area (Å²) in [5, 5.41) is 9.21. The molecule has 2 aromatic rings. The second kappa shape index (κ2) is 8.11. The van der Waals surface area contributed by atoms with E-state index in [1.807, 2.05) is 0 Å². The molecule has 1 aliphatic heterocycles. The molecule has 2 atom stereocenters. The van der Waals surface area contributed by atoms with Crippen LogP contribution in [0.5, 0.6) is 5.75 Å². The standard InChI is InChI=1S/C23H25F2NO3/c1-14(15-6-8-17(24)9-7-15)26-10-2-3-18(13-26)29-22-12-21(25)20(23(27)28)11-19(22)16-4-5-16/h6-9,11-12,14,16,18H,2-5,10,13H2,1H3,(H,27,28)/t14-,18?/m1/s1.